The van der Waals surface area contributed by atoms with Crippen molar-refractivity contribution in [1.29, 1.82) is 0 Å². The summed E-state index contributed by atoms with van der Waals surface area (Å²) in [6, 6.07) is 0. The third-order valence-corrected chi connectivity index (χ3v) is 3.83. The van der Waals surface area contributed by atoms with Gasteiger partial charge in [-0.05, 0) is 13.0 Å². The van der Waals surface area contributed by atoms with Crippen LogP contribution >= 0.6 is 15.2 Å². The summed E-state index contributed by atoms with van der Waals surface area (Å²) in [5, 5.41) is 0. The van der Waals surface area contributed by atoms with Gasteiger partial charge in [0, 0.05) is 6.29 Å². The van der Waals surface area contributed by atoms with Crippen molar-refractivity contribution in [3.8, 4) is 0 Å². The van der Waals surface area contributed by atoms with Gasteiger partial charge in [0.05, 0.1) is 6.29 Å². The third-order valence-electron chi connectivity index (χ3n) is 2.33. The molecule has 0 amide bonds. The number of unbranched alkanes of at least 4 members (excludes halogenated alkanes) is 4. The molecule has 7 nitrogen and oxygen atoms in total. The van der Waals surface area contributed by atoms with Gasteiger partial charge in [-0.1, -0.05) is 40.2 Å². The Hall–Kier alpha value is 5.17. The molecule has 1 N–H and O–H groups in total. The Bertz CT molecular complexity index is 301. The molecule has 0 aromatic carbocycles. The molecule has 12 heteroatoms. The van der Waals surface area contributed by atoms with Crippen LogP contribution in [0, 0.1) is 0 Å². The molecule has 0 aromatic heterocycles. The van der Waals surface area contributed by atoms with E-state index in [1.165, 1.54) is 0 Å². The summed E-state index contributed by atoms with van der Waals surface area (Å²) in [6.45, 7) is 2.22. The monoisotopic (exact) mass is 417 g/mol. The predicted molar refractivity (Wildman–Crippen MR) is 62.6 cm³/mol. The molecule has 0 aliphatic carbocycles. The van der Waals surface area contributed by atoms with Gasteiger partial charge in [-0.25, -0.2) is 0 Å². The Labute approximate surface area is 254 Å². The van der Waals surface area contributed by atoms with E-state index in [-0.39, 0.29) is 161 Å². The number of hydrogen-bond donors (Lipinski definition) is 1. The minimum atomic E-state index is -4.81. The van der Waals surface area contributed by atoms with Crippen LogP contribution in [-0.2, 0) is 9.13 Å². The fourth-order valence-electron chi connectivity index (χ4n) is 1.62. The number of nitrogens with zero attached hydrogens (tertiary/aromatic N) is 1. The standard InChI is InChI=1S/C9H23NO6P2.3K/c1-2-3-4-5-6-7-10(8-17(11,12)13)9-18(14,15)16;;;/h2-9H2,1H3,(H2,11,12,13)(H2,14,15,16);;;/q;3*+1/p-3. The van der Waals surface area contributed by atoms with Gasteiger partial charge in [0.1, 0.15) is 7.60 Å². The zero-order valence-corrected chi connectivity index (χ0v) is 24.6. The molecule has 0 saturated heterocycles. The van der Waals surface area contributed by atoms with Crippen LogP contribution in [0.15, 0.2) is 0 Å². The minimum absolute atomic E-state index is 0. The molecule has 0 rings (SSSR count). The predicted octanol–water partition coefficient (Wildman–Crippen LogP) is -9.35. The zero-order chi connectivity index (χ0) is 14.2. The van der Waals surface area contributed by atoms with E-state index in [2.05, 4.69) is 6.92 Å². The van der Waals surface area contributed by atoms with Crippen molar-refractivity contribution in [3.05, 3.63) is 0 Å². The summed E-state index contributed by atoms with van der Waals surface area (Å²) >= 11 is 0. The average Bonchev–Trinajstić information content (AvgIpc) is 2.12. The van der Waals surface area contributed by atoms with Gasteiger partial charge in [-0.15, -0.1) is 0 Å². The summed E-state index contributed by atoms with van der Waals surface area (Å²) < 4.78 is 21.3. The Balaban J connectivity index is -0.000000482. The maximum atomic E-state index is 10.7. The molecule has 0 saturated carbocycles. The smallest absolute Gasteiger partial charge is 0.810 e. The normalized spacial score (nSPS) is 13.6. The first-order valence-electron chi connectivity index (χ1n) is 5.90. The molecule has 0 fully saturated rings. The van der Waals surface area contributed by atoms with Crippen LogP contribution in [-0.4, -0.2) is 28.9 Å². The van der Waals surface area contributed by atoms with E-state index >= 15 is 0 Å². The van der Waals surface area contributed by atoms with Gasteiger partial charge in [0.25, 0.3) is 0 Å². The largest absolute Gasteiger partial charge is 1.00 e. The first-order chi connectivity index (χ1) is 8.14. The third kappa shape index (κ3) is 27.5. The van der Waals surface area contributed by atoms with E-state index in [1.807, 2.05) is 0 Å². The van der Waals surface area contributed by atoms with E-state index in [0.29, 0.717) is 6.42 Å². The van der Waals surface area contributed by atoms with E-state index in [4.69, 9.17) is 4.89 Å². The minimum Gasteiger partial charge on any atom is -0.810 e. The SMILES string of the molecule is CCCCCCCN(CP(=O)([O-])[O-])CP(=O)([O-])O.[K+].[K+].[K+]. The van der Waals surface area contributed by atoms with Crippen molar-refractivity contribution >= 4 is 15.2 Å². The van der Waals surface area contributed by atoms with Crippen LogP contribution in [0.25, 0.3) is 0 Å². The molecule has 0 radical (unpaired) electrons. The first kappa shape index (κ1) is 33.7. The Morgan fingerprint density at radius 1 is 0.905 bits per heavy atom. The fraction of sp³-hybridized carbons (Fsp3) is 1.00. The number of rotatable bonds is 10. The second kappa shape index (κ2) is 18.5. The van der Waals surface area contributed by atoms with E-state index in [1.54, 1.807) is 0 Å². The summed E-state index contributed by atoms with van der Waals surface area (Å²) in [5.74, 6) is 0. The molecular weight excluding hydrogens is 397 g/mol. The molecule has 0 aliphatic rings. The fourth-order valence-corrected chi connectivity index (χ4v) is 3.26. The number of hydrogen-bond acceptors (Lipinski definition) is 6. The molecule has 0 aromatic rings. The van der Waals surface area contributed by atoms with Crippen molar-refractivity contribution in [2.45, 2.75) is 39.0 Å². The molecule has 110 valence electrons. The molecule has 0 spiro atoms. The maximum Gasteiger partial charge on any atom is 1.00 e. The van der Waals surface area contributed by atoms with E-state index in [0.717, 1.165) is 30.6 Å². The van der Waals surface area contributed by atoms with E-state index in [9.17, 15) is 23.8 Å². The molecular formula is C9H20K3NO6P2. The van der Waals surface area contributed by atoms with Crippen molar-refractivity contribution in [3.63, 3.8) is 0 Å². The van der Waals surface area contributed by atoms with Gasteiger partial charge < -0.3 is 28.7 Å². The van der Waals surface area contributed by atoms with Gasteiger partial charge in [-0.3, -0.25) is 4.90 Å². The van der Waals surface area contributed by atoms with Crippen LogP contribution in [0.1, 0.15) is 39.0 Å². The van der Waals surface area contributed by atoms with Crippen LogP contribution in [0.5, 0.6) is 0 Å². The van der Waals surface area contributed by atoms with Crippen LogP contribution < -0.4 is 169 Å². The molecule has 0 aliphatic heterocycles. The molecule has 21 heavy (non-hydrogen) atoms. The summed E-state index contributed by atoms with van der Waals surface area (Å²) in [7, 11) is -9.41. The van der Waals surface area contributed by atoms with Gasteiger partial charge in [0.2, 0.25) is 0 Å². The topological polar surface area (TPSA) is 127 Å². The Morgan fingerprint density at radius 2 is 1.38 bits per heavy atom. The summed E-state index contributed by atoms with van der Waals surface area (Å²) in [5.41, 5.74) is 0. The van der Waals surface area contributed by atoms with Gasteiger partial charge in [0.15, 0.2) is 0 Å². The van der Waals surface area contributed by atoms with Crippen LogP contribution in [0.3, 0.4) is 0 Å². The van der Waals surface area contributed by atoms with Crippen molar-refractivity contribution < 1.29 is 183 Å². The van der Waals surface area contributed by atoms with Crippen molar-refractivity contribution in [2.75, 3.05) is 19.1 Å². The van der Waals surface area contributed by atoms with Crippen molar-refractivity contribution in [2.24, 2.45) is 0 Å². The Kier molecular flexibility index (Phi) is 29.8. The second-order valence-corrected chi connectivity index (χ2v) is 7.40. The first-order valence-corrected chi connectivity index (χ1v) is 9.39. The second-order valence-electron chi connectivity index (χ2n) is 4.34. The summed E-state index contributed by atoms with van der Waals surface area (Å²) in [6.07, 6.45) is 2.86. The Morgan fingerprint density at radius 3 is 1.76 bits per heavy atom. The van der Waals surface area contributed by atoms with Crippen LogP contribution in [0.4, 0.5) is 0 Å². The molecule has 0 heterocycles. The zero-order valence-electron chi connectivity index (χ0n) is 13.5. The van der Waals surface area contributed by atoms with Crippen molar-refractivity contribution in [1.82, 2.24) is 4.90 Å². The van der Waals surface area contributed by atoms with Gasteiger partial charge >= 0.3 is 154 Å². The molecule has 1 unspecified atom stereocenters. The quantitative estimate of drug-likeness (QED) is 0.212. The van der Waals surface area contributed by atoms with Gasteiger partial charge in [-0.2, -0.15) is 0 Å². The molecule has 0 bridgehead atoms. The average molecular weight is 418 g/mol. The maximum absolute atomic E-state index is 10.7. The van der Waals surface area contributed by atoms with E-state index < -0.39 is 27.8 Å². The summed E-state index contributed by atoms with van der Waals surface area (Å²) in [4.78, 5) is 41.6. The molecule has 1 atom stereocenters. The van der Waals surface area contributed by atoms with Crippen LogP contribution in [0.2, 0.25) is 0 Å².